The molecule has 0 radical (unpaired) electrons. The number of nitrogens with one attached hydrogen (secondary N) is 2. The molecule has 42 heavy (non-hydrogen) atoms. The summed E-state index contributed by atoms with van der Waals surface area (Å²) in [5.74, 6) is -0.271. The first-order valence-electron chi connectivity index (χ1n) is 14.2. The third-order valence-corrected chi connectivity index (χ3v) is 8.40. The van der Waals surface area contributed by atoms with Crippen molar-refractivity contribution in [2.75, 3.05) is 19.0 Å². The third-order valence-electron chi connectivity index (χ3n) is 8.40. The van der Waals surface area contributed by atoms with Crippen LogP contribution in [-0.2, 0) is 0 Å². The fraction of sp³-hybridized carbons (Fsp3) is 0.200. The van der Waals surface area contributed by atoms with E-state index in [0.717, 1.165) is 78.5 Å². The van der Waals surface area contributed by atoms with E-state index in [2.05, 4.69) is 126 Å². The molecule has 0 bridgehead atoms. The van der Waals surface area contributed by atoms with Crippen molar-refractivity contribution in [3.63, 3.8) is 0 Å². The maximum atomic E-state index is 6.12. The molecule has 0 fully saturated rings. The number of nitrogens with zero attached hydrogens (tertiary/aromatic N) is 3. The highest BCUT2D eigenvalue weighted by atomic mass is 16.5. The molecule has 7 rings (SSSR count). The van der Waals surface area contributed by atoms with Gasteiger partial charge in [-0.15, -0.1) is 0 Å². The molecule has 2 N–H and O–H groups in total. The lowest BCUT2D eigenvalue weighted by Gasteiger charge is -2.22. The summed E-state index contributed by atoms with van der Waals surface area (Å²) < 4.78 is 12.2. The Bertz CT molecular complexity index is 1950. The second kappa shape index (κ2) is 9.80. The zero-order valence-corrected chi connectivity index (χ0v) is 24.7. The van der Waals surface area contributed by atoms with E-state index in [1.807, 2.05) is 13.8 Å². The molecule has 0 aliphatic rings. The monoisotopic (exact) mass is 555 g/mol. The molecule has 0 amide bonds. The normalized spacial score (nSPS) is 11.8. The molecule has 4 heterocycles. The van der Waals surface area contributed by atoms with Crippen LogP contribution in [0.3, 0.4) is 0 Å². The number of aromatic amines is 2. The molecule has 0 saturated carbocycles. The highest BCUT2D eigenvalue weighted by molar-refractivity contribution is 5.95. The Labute approximate surface area is 244 Å². The topological polar surface area (TPSA) is 86.9 Å². The molecule has 7 aromatic rings. The zero-order valence-electron chi connectivity index (χ0n) is 24.7. The standard InChI is InChI=1S/C35H33N5O2/c1-19-11-7-9-13-25(19)32-28(34-30(36-32)21(3)38-41-34)27(23-15-17-24(18-16-23)40(5)6)29-33(26-14-10-8-12-20(26)2)37-31-22(4)39-42-35(29)31/h7-18,27,36-37H,1-6H3. The lowest BCUT2D eigenvalue weighted by Crippen LogP contribution is -2.10. The van der Waals surface area contributed by atoms with Crippen LogP contribution in [0, 0.1) is 27.7 Å². The Morgan fingerprint density at radius 3 is 1.50 bits per heavy atom. The zero-order chi connectivity index (χ0) is 29.1. The molecule has 7 nitrogen and oxygen atoms in total. The number of rotatable bonds is 6. The van der Waals surface area contributed by atoms with Crippen molar-refractivity contribution in [3.05, 3.63) is 112 Å². The van der Waals surface area contributed by atoms with Crippen LogP contribution in [0.4, 0.5) is 5.69 Å². The summed E-state index contributed by atoms with van der Waals surface area (Å²) in [5, 5.41) is 8.75. The van der Waals surface area contributed by atoms with Gasteiger partial charge in [0, 0.05) is 48.0 Å². The van der Waals surface area contributed by atoms with Crippen molar-refractivity contribution in [3.8, 4) is 22.5 Å². The Morgan fingerprint density at radius 1 is 0.619 bits per heavy atom. The number of aromatic nitrogens is 4. The number of aryl methyl sites for hydroxylation is 4. The van der Waals surface area contributed by atoms with Crippen LogP contribution >= 0.6 is 0 Å². The van der Waals surface area contributed by atoms with Crippen LogP contribution in [-0.4, -0.2) is 34.4 Å². The fourth-order valence-corrected chi connectivity index (χ4v) is 6.14. The molecule has 0 spiro atoms. The lowest BCUT2D eigenvalue weighted by atomic mass is 9.81. The van der Waals surface area contributed by atoms with E-state index >= 15 is 0 Å². The molecule has 7 heteroatoms. The molecule has 0 aliphatic heterocycles. The van der Waals surface area contributed by atoms with Gasteiger partial charge in [-0.25, -0.2) is 0 Å². The van der Waals surface area contributed by atoms with E-state index < -0.39 is 0 Å². The van der Waals surface area contributed by atoms with Gasteiger partial charge in [-0.2, -0.15) is 0 Å². The minimum absolute atomic E-state index is 0.271. The highest BCUT2D eigenvalue weighted by Crippen LogP contribution is 2.49. The Morgan fingerprint density at radius 2 is 1.07 bits per heavy atom. The quantitative estimate of drug-likeness (QED) is 0.215. The molecule has 0 aliphatic carbocycles. The van der Waals surface area contributed by atoms with Crippen molar-refractivity contribution in [1.82, 2.24) is 20.3 Å². The number of H-pyrrole nitrogens is 2. The number of hydrogen-bond acceptors (Lipinski definition) is 5. The van der Waals surface area contributed by atoms with Crippen molar-refractivity contribution in [1.29, 1.82) is 0 Å². The average molecular weight is 556 g/mol. The molecular formula is C35H33N5O2. The predicted octanol–water partition coefficient (Wildman–Crippen LogP) is 8.44. The van der Waals surface area contributed by atoms with Crippen LogP contribution in [0.1, 0.15) is 45.1 Å². The Balaban J connectivity index is 1.62. The molecule has 0 atom stereocenters. The maximum Gasteiger partial charge on any atom is 0.189 e. The minimum Gasteiger partial charge on any atom is -0.378 e. The van der Waals surface area contributed by atoms with Gasteiger partial charge in [-0.05, 0) is 56.5 Å². The van der Waals surface area contributed by atoms with E-state index in [1.54, 1.807) is 0 Å². The number of hydrogen-bond donors (Lipinski definition) is 2. The van der Waals surface area contributed by atoms with Crippen molar-refractivity contribution in [2.24, 2.45) is 0 Å². The Hall–Kier alpha value is -5.04. The first-order valence-corrected chi connectivity index (χ1v) is 14.2. The molecule has 210 valence electrons. The van der Waals surface area contributed by atoms with Crippen LogP contribution in [0.25, 0.3) is 44.7 Å². The summed E-state index contributed by atoms with van der Waals surface area (Å²) in [5.41, 5.74) is 15.8. The van der Waals surface area contributed by atoms with Gasteiger partial charge in [0.05, 0.1) is 11.4 Å². The number of fused-ring (bicyclic) bond motifs is 2. The number of anilines is 1. The maximum absolute atomic E-state index is 6.12. The van der Waals surface area contributed by atoms with Gasteiger partial charge in [-0.1, -0.05) is 71.0 Å². The first-order chi connectivity index (χ1) is 20.3. The highest BCUT2D eigenvalue weighted by Gasteiger charge is 2.35. The second-order valence-electron chi connectivity index (χ2n) is 11.3. The second-order valence-corrected chi connectivity index (χ2v) is 11.3. The van der Waals surface area contributed by atoms with Crippen LogP contribution in [0.2, 0.25) is 0 Å². The van der Waals surface area contributed by atoms with Gasteiger partial charge in [0.2, 0.25) is 0 Å². The lowest BCUT2D eigenvalue weighted by molar-refractivity contribution is 0.445. The SMILES string of the molecule is Cc1ccccc1-c1[nH]c2c(C)noc2c1C(c1ccc(N(C)C)cc1)c1c(-c2ccccc2C)[nH]c2c(C)noc12. The largest absolute Gasteiger partial charge is 0.378 e. The van der Waals surface area contributed by atoms with E-state index in [9.17, 15) is 0 Å². The van der Waals surface area contributed by atoms with Gasteiger partial charge < -0.3 is 23.9 Å². The summed E-state index contributed by atoms with van der Waals surface area (Å²) in [6.45, 7) is 8.23. The summed E-state index contributed by atoms with van der Waals surface area (Å²) in [6.07, 6.45) is 0. The van der Waals surface area contributed by atoms with Crippen LogP contribution in [0.15, 0.2) is 81.8 Å². The molecule has 0 saturated heterocycles. The fourth-order valence-electron chi connectivity index (χ4n) is 6.14. The van der Waals surface area contributed by atoms with Gasteiger partial charge in [0.25, 0.3) is 0 Å². The Kier molecular flexibility index (Phi) is 6.04. The summed E-state index contributed by atoms with van der Waals surface area (Å²) in [4.78, 5) is 9.54. The van der Waals surface area contributed by atoms with Crippen molar-refractivity contribution >= 4 is 27.9 Å². The van der Waals surface area contributed by atoms with Crippen LogP contribution in [0.5, 0.6) is 0 Å². The predicted molar refractivity (Wildman–Crippen MR) is 168 cm³/mol. The summed E-state index contributed by atoms with van der Waals surface area (Å²) >= 11 is 0. The van der Waals surface area contributed by atoms with Gasteiger partial charge in [0.1, 0.15) is 22.4 Å². The first kappa shape index (κ1) is 25.9. The van der Waals surface area contributed by atoms with E-state index in [4.69, 9.17) is 9.05 Å². The van der Waals surface area contributed by atoms with Gasteiger partial charge in [0.15, 0.2) is 11.2 Å². The van der Waals surface area contributed by atoms with Crippen molar-refractivity contribution in [2.45, 2.75) is 33.6 Å². The summed E-state index contributed by atoms with van der Waals surface area (Å²) in [7, 11) is 4.11. The minimum atomic E-state index is -0.271. The smallest absolute Gasteiger partial charge is 0.189 e. The average Bonchev–Trinajstić information content (AvgIpc) is 3.74. The van der Waals surface area contributed by atoms with E-state index in [1.165, 1.54) is 11.1 Å². The van der Waals surface area contributed by atoms with Gasteiger partial charge >= 0.3 is 0 Å². The molecule has 0 unspecified atom stereocenters. The van der Waals surface area contributed by atoms with E-state index in [-0.39, 0.29) is 5.92 Å². The number of benzene rings is 3. The molecule has 3 aromatic carbocycles. The van der Waals surface area contributed by atoms with Crippen molar-refractivity contribution < 1.29 is 9.05 Å². The third kappa shape index (κ3) is 3.96. The van der Waals surface area contributed by atoms with Crippen LogP contribution < -0.4 is 4.90 Å². The van der Waals surface area contributed by atoms with E-state index in [0.29, 0.717) is 0 Å². The molecular weight excluding hydrogens is 522 g/mol. The summed E-state index contributed by atoms with van der Waals surface area (Å²) in [6, 6.07) is 25.6. The van der Waals surface area contributed by atoms with Gasteiger partial charge in [-0.3, -0.25) is 0 Å². The molecule has 4 aromatic heterocycles.